The van der Waals surface area contributed by atoms with Crippen molar-refractivity contribution in [2.45, 2.75) is 38.4 Å². The molecule has 0 aromatic heterocycles. The van der Waals surface area contributed by atoms with E-state index < -0.39 is 0 Å². The van der Waals surface area contributed by atoms with Crippen LogP contribution in [0.1, 0.15) is 26.2 Å². The highest BCUT2D eigenvalue weighted by Gasteiger charge is 2.39. The number of carbonyl (C=O) groups excluding carboxylic acids is 1. The molecule has 2 atom stereocenters. The Morgan fingerprint density at radius 2 is 1.73 bits per heavy atom. The summed E-state index contributed by atoms with van der Waals surface area (Å²) in [4.78, 5) is 11.8. The van der Waals surface area contributed by atoms with Crippen LogP contribution in [0.4, 0.5) is 0 Å². The predicted octanol–water partition coefficient (Wildman–Crippen LogP) is 1.38. The SMILES string of the molecule is CCOC(=O)C1C(OC)CCCC1OC. The molecule has 0 aromatic rings. The standard InChI is InChI=1S/C11H20O4/c1-4-15-11(12)10-8(13-2)6-5-7-9(10)14-3/h8-10H,4-7H2,1-3H3. The van der Waals surface area contributed by atoms with E-state index in [0.717, 1.165) is 19.3 Å². The van der Waals surface area contributed by atoms with Crippen molar-refractivity contribution in [3.63, 3.8) is 0 Å². The second-order valence-electron chi connectivity index (χ2n) is 3.76. The number of ether oxygens (including phenoxy) is 3. The predicted molar refractivity (Wildman–Crippen MR) is 55.6 cm³/mol. The van der Waals surface area contributed by atoms with Crippen LogP contribution in [0.3, 0.4) is 0 Å². The minimum Gasteiger partial charge on any atom is -0.466 e. The number of methoxy groups -OCH3 is 2. The van der Waals surface area contributed by atoms with Gasteiger partial charge in [0.25, 0.3) is 0 Å². The van der Waals surface area contributed by atoms with Crippen molar-refractivity contribution in [1.29, 1.82) is 0 Å². The smallest absolute Gasteiger partial charge is 0.314 e. The Hall–Kier alpha value is -0.610. The third-order valence-corrected chi connectivity index (χ3v) is 2.94. The lowest BCUT2D eigenvalue weighted by Crippen LogP contribution is -2.44. The fourth-order valence-electron chi connectivity index (χ4n) is 2.19. The van der Waals surface area contributed by atoms with Gasteiger partial charge in [0.15, 0.2) is 0 Å². The second-order valence-corrected chi connectivity index (χ2v) is 3.76. The highest BCUT2D eigenvalue weighted by atomic mass is 16.5. The molecule has 1 fully saturated rings. The summed E-state index contributed by atoms with van der Waals surface area (Å²) in [6, 6.07) is 0. The third kappa shape index (κ3) is 2.92. The van der Waals surface area contributed by atoms with E-state index in [1.165, 1.54) is 0 Å². The molecule has 0 heterocycles. The Balaban J connectivity index is 2.69. The number of rotatable bonds is 4. The highest BCUT2D eigenvalue weighted by molar-refractivity contribution is 5.74. The van der Waals surface area contributed by atoms with Gasteiger partial charge in [-0.15, -0.1) is 0 Å². The lowest BCUT2D eigenvalue weighted by atomic mass is 9.83. The Bertz CT molecular complexity index is 193. The van der Waals surface area contributed by atoms with Crippen molar-refractivity contribution < 1.29 is 19.0 Å². The molecule has 0 radical (unpaired) electrons. The molecule has 0 aliphatic heterocycles. The van der Waals surface area contributed by atoms with Crippen LogP contribution in [-0.2, 0) is 19.0 Å². The van der Waals surface area contributed by atoms with Crippen LogP contribution in [0.2, 0.25) is 0 Å². The lowest BCUT2D eigenvalue weighted by molar-refractivity contribution is -0.164. The maximum Gasteiger partial charge on any atom is 0.314 e. The van der Waals surface area contributed by atoms with E-state index in [1.54, 1.807) is 14.2 Å². The van der Waals surface area contributed by atoms with Crippen molar-refractivity contribution in [1.82, 2.24) is 0 Å². The molecule has 0 amide bonds. The van der Waals surface area contributed by atoms with Crippen molar-refractivity contribution in [3.8, 4) is 0 Å². The topological polar surface area (TPSA) is 44.8 Å². The molecule has 0 saturated heterocycles. The minimum atomic E-state index is -0.270. The molecule has 1 aliphatic carbocycles. The maximum absolute atomic E-state index is 11.8. The van der Waals surface area contributed by atoms with Gasteiger partial charge in [0.1, 0.15) is 5.92 Å². The summed E-state index contributed by atoms with van der Waals surface area (Å²) in [5.41, 5.74) is 0. The summed E-state index contributed by atoms with van der Waals surface area (Å²) in [7, 11) is 3.27. The van der Waals surface area contributed by atoms with Crippen LogP contribution in [0.5, 0.6) is 0 Å². The molecule has 4 nitrogen and oxygen atoms in total. The Morgan fingerprint density at radius 3 is 2.13 bits per heavy atom. The molecule has 15 heavy (non-hydrogen) atoms. The number of hydrogen-bond acceptors (Lipinski definition) is 4. The first-order valence-electron chi connectivity index (χ1n) is 5.46. The van der Waals surface area contributed by atoms with Crippen LogP contribution in [0.25, 0.3) is 0 Å². The van der Waals surface area contributed by atoms with Crippen LogP contribution in [0, 0.1) is 5.92 Å². The number of esters is 1. The Kier molecular flexibility index (Phi) is 5.05. The minimum absolute atomic E-state index is 0.0669. The van der Waals surface area contributed by atoms with E-state index in [4.69, 9.17) is 14.2 Å². The summed E-state index contributed by atoms with van der Waals surface area (Å²) in [6.07, 6.45) is 2.71. The molecule has 4 heteroatoms. The van der Waals surface area contributed by atoms with Crippen LogP contribution < -0.4 is 0 Å². The van der Waals surface area contributed by atoms with E-state index in [9.17, 15) is 4.79 Å². The Labute approximate surface area is 90.9 Å². The first-order valence-corrected chi connectivity index (χ1v) is 5.46. The van der Waals surface area contributed by atoms with E-state index >= 15 is 0 Å². The third-order valence-electron chi connectivity index (χ3n) is 2.94. The lowest BCUT2D eigenvalue weighted by Gasteiger charge is -2.34. The van der Waals surface area contributed by atoms with E-state index in [0.29, 0.717) is 6.61 Å². The van der Waals surface area contributed by atoms with Gasteiger partial charge in [0.05, 0.1) is 18.8 Å². The maximum atomic E-state index is 11.8. The number of carbonyl (C=O) groups is 1. The van der Waals surface area contributed by atoms with Gasteiger partial charge in [-0.2, -0.15) is 0 Å². The highest BCUT2D eigenvalue weighted by Crippen LogP contribution is 2.29. The van der Waals surface area contributed by atoms with Crippen molar-refractivity contribution in [2.75, 3.05) is 20.8 Å². The molecule has 0 aromatic carbocycles. The molecule has 0 spiro atoms. The fourth-order valence-corrected chi connectivity index (χ4v) is 2.19. The zero-order chi connectivity index (χ0) is 11.3. The monoisotopic (exact) mass is 216 g/mol. The first kappa shape index (κ1) is 12.5. The molecular formula is C11H20O4. The second kappa shape index (κ2) is 6.08. The molecule has 1 aliphatic rings. The van der Waals surface area contributed by atoms with Gasteiger partial charge in [-0.1, -0.05) is 0 Å². The van der Waals surface area contributed by atoms with Crippen LogP contribution in [-0.4, -0.2) is 39.0 Å². The molecule has 2 unspecified atom stereocenters. The van der Waals surface area contributed by atoms with Gasteiger partial charge in [-0.3, -0.25) is 4.79 Å². The largest absolute Gasteiger partial charge is 0.466 e. The molecule has 1 saturated carbocycles. The summed E-state index contributed by atoms with van der Waals surface area (Å²) in [5.74, 6) is -0.468. The number of hydrogen-bond donors (Lipinski definition) is 0. The molecule has 88 valence electrons. The van der Waals surface area contributed by atoms with Crippen molar-refractivity contribution in [3.05, 3.63) is 0 Å². The van der Waals surface area contributed by atoms with Crippen molar-refractivity contribution in [2.24, 2.45) is 5.92 Å². The van der Waals surface area contributed by atoms with E-state index in [-0.39, 0.29) is 24.1 Å². The first-order chi connectivity index (χ1) is 7.24. The van der Waals surface area contributed by atoms with Crippen molar-refractivity contribution >= 4 is 5.97 Å². The Morgan fingerprint density at radius 1 is 1.20 bits per heavy atom. The average molecular weight is 216 g/mol. The molecular weight excluding hydrogens is 196 g/mol. The van der Waals surface area contributed by atoms with Gasteiger partial charge in [-0.05, 0) is 26.2 Å². The normalized spacial score (nSPS) is 31.3. The summed E-state index contributed by atoms with van der Waals surface area (Å²) in [5, 5.41) is 0. The average Bonchev–Trinajstić information content (AvgIpc) is 2.28. The van der Waals surface area contributed by atoms with Gasteiger partial charge in [0.2, 0.25) is 0 Å². The van der Waals surface area contributed by atoms with Gasteiger partial charge in [0, 0.05) is 14.2 Å². The van der Waals surface area contributed by atoms with Crippen LogP contribution in [0.15, 0.2) is 0 Å². The quantitative estimate of drug-likeness (QED) is 0.666. The van der Waals surface area contributed by atoms with E-state index in [2.05, 4.69) is 0 Å². The van der Waals surface area contributed by atoms with Crippen LogP contribution >= 0.6 is 0 Å². The zero-order valence-electron chi connectivity index (χ0n) is 9.69. The van der Waals surface area contributed by atoms with E-state index in [1.807, 2.05) is 6.92 Å². The van der Waals surface area contributed by atoms with Gasteiger partial charge >= 0.3 is 5.97 Å². The zero-order valence-corrected chi connectivity index (χ0v) is 9.69. The molecule has 0 N–H and O–H groups in total. The summed E-state index contributed by atoms with van der Waals surface area (Å²) in [6.45, 7) is 2.21. The fraction of sp³-hybridized carbons (Fsp3) is 0.909. The summed E-state index contributed by atoms with van der Waals surface area (Å²) < 4.78 is 15.7. The summed E-state index contributed by atoms with van der Waals surface area (Å²) >= 11 is 0. The van der Waals surface area contributed by atoms with Gasteiger partial charge in [-0.25, -0.2) is 0 Å². The van der Waals surface area contributed by atoms with Gasteiger partial charge < -0.3 is 14.2 Å². The molecule has 1 rings (SSSR count). The molecule has 0 bridgehead atoms.